The largest absolute Gasteiger partial charge is 0.481 e. The van der Waals surface area contributed by atoms with Gasteiger partial charge in [-0.05, 0) is 44.9 Å². The number of ether oxygens (including phenoxy) is 1. The summed E-state index contributed by atoms with van der Waals surface area (Å²) < 4.78 is 5.64. The SMILES string of the molecule is CCCC/C=C\CCCCCCCC(=O)OC(CCCCCCCCCC)CCC(=O)O. The molecule has 188 valence electrons. The molecule has 0 aromatic rings. The fraction of sp³-hybridized carbons (Fsp3) is 0.857. The van der Waals surface area contributed by atoms with Crippen LogP contribution in [0.25, 0.3) is 0 Å². The lowest BCUT2D eigenvalue weighted by Crippen LogP contribution is -2.19. The molecule has 32 heavy (non-hydrogen) atoms. The minimum absolute atomic E-state index is 0.0713. The van der Waals surface area contributed by atoms with Gasteiger partial charge in [-0.3, -0.25) is 9.59 Å². The first-order chi connectivity index (χ1) is 15.6. The van der Waals surface area contributed by atoms with Gasteiger partial charge < -0.3 is 9.84 Å². The smallest absolute Gasteiger partial charge is 0.306 e. The van der Waals surface area contributed by atoms with Crippen molar-refractivity contribution in [2.75, 3.05) is 0 Å². The molecule has 0 saturated heterocycles. The Kier molecular flexibility index (Phi) is 23.3. The molecule has 0 fully saturated rings. The van der Waals surface area contributed by atoms with Crippen LogP contribution in [0.5, 0.6) is 0 Å². The number of esters is 1. The molecular formula is C28H52O4. The maximum Gasteiger partial charge on any atom is 0.306 e. The van der Waals surface area contributed by atoms with Gasteiger partial charge in [0.25, 0.3) is 0 Å². The first kappa shape index (κ1) is 30.7. The second-order valence-electron chi connectivity index (χ2n) is 9.23. The lowest BCUT2D eigenvalue weighted by atomic mass is 10.0. The Hall–Kier alpha value is -1.32. The number of carboxylic acids is 1. The van der Waals surface area contributed by atoms with Gasteiger partial charge in [-0.1, -0.05) is 103 Å². The number of unbranched alkanes of at least 4 members (excludes halogenated alkanes) is 14. The molecule has 4 heteroatoms. The quantitative estimate of drug-likeness (QED) is 0.0902. The van der Waals surface area contributed by atoms with Crippen molar-refractivity contribution in [1.29, 1.82) is 0 Å². The molecule has 1 unspecified atom stereocenters. The van der Waals surface area contributed by atoms with Gasteiger partial charge >= 0.3 is 11.9 Å². The molecule has 0 aliphatic carbocycles. The summed E-state index contributed by atoms with van der Waals surface area (Å²) in [6, 6.07) is 0. The van der Waals surface area contributed by atoms with E-state index < -0.39 is 5.97 Å². The number of rotatable bonds is 24. The molecule has 0 rings (SSSR count). The number of carbonyl (C=O) groups excluding carboxylic acids is 1. The lowest BCUT2D eigenvalue weighted by Gasteiger charge is -2.17. The summed E-state index contributed by atoms with van der Waals surface area (Å²) in [6.45, 7) is 4.45. The van der Waals surface area contributed by atoms with Crippen LogP contribution in [-0.2, 0) is 14.3 Å². The van der Waals surface area contributed by atoms with Crippen molar-refractivity contribution >= 4 is 11.9 Å². The predicted molar refractivity (Wildman–Crippen MR) is 135 cm³/mol. The van der Waals surface area contributed by atoms with Crippen LogP contribution in [0.3, 0.4) is 0 Å². The summed E-state index contributed by atoms with van der Waals surface area (Å²) >= 11 is 0. The Morgan fingerprint density at radius 1 is 0.656 bits per heavy atom. The highest BCUT2D eigenvalue weighted by molar-refractivity contribution is 5.69. The second-order valence-corrected chi connectivity index (χ2v) is 9.23. The zero-order valence-corrected chi connectivity index (χ0v) is 21.3. The Morgan fingerprint density at radius 3 is 1.81 bits per heavy atom. The number of hydrogen-bond donors (Lipinski definition) is 1. The van der Waals surface area contributed by atoms with Crippen molar-refractivity contribution in [3.05, 3.63) is 12.2 Å². The first-order valence-corrected chi connectivity index (χ1v) is 13.7. The molecule has 4 nitrogen and oxygen atoms in total. The minimum atomic E-state index is -0.817. The summed E-state index contributed by atoms with van der Waals surface area (Å²) in [5.74, 6) is -0.971. The molecule has 0 aliphatic heterocycles. The van der Waals surface area contributed by atoms with E-state index in [0.29, 0.717) is 12.8 Å². The maximum atomic E-state index is 12.2. The molecule has 0 aromatic heterocycles. The number of carbonyl (C=O) groups is 2. The van der Waals surface area contributed by atoms with Gasteiger partial charge in [-0.2, -0.15) is 0 Å². The van der Waals surface area contributed by atoms with E-state index in [1.54, 1.807) is 0 Å². The fourth-order valence-corrected chi connectivity index (χ4v) is 3.92. The summed E-state index contributed by atoms with van der Waals surface area (Å²) in [4.78, 5) is 23.1. The van der Waals surface area contributed by atoms with Gasteiger partial charge in [0.15, 0.2) is 0 Å². The lowest BCUT2D eigenvalue weighted by molar-refractivity contribution is -0.151. The fourth-order valence-electron chi connectivity index (χ4n) is 3.92. The molecule has 1 atom stereocenters. The van der Waals surface area contributed by atoms with Crippen molar-refractivity contribution < 1.29 is 19.4 Å². The van der Waals surface area contributed by atoms with E-state index >= 15 is 0 Å². The molecule has 0 aliphatic rings. The average Bonchev–Trinajstić information content (AvgIpc) is 2.77. The van der Waals surface area contributed by atoms with Crippen LogP contribution in [0.4, 0.5) is 0 Å². The molecule has 1 N–H and O–H groups in total. The minimum Gasteiger partial charge on any atom is -0.481 e. The summed E-state index contributed by atoms with van der Waals surface area (Å²) in [7, 11) is 0. The van der Waals surface area contributed by atoms with Gasteiger partial charge in [0, 0.05) is 12.8 Å². The summed E-state index contributed by atoms with van der Waals surface area (Å²) in [5.41, 5.74) is 0. The molecule has 0 spiro atoms. The Labute approximate surface area is 198 Å². The topological polar surface area (TPSA) is 63.6 Å². The third-order valence-electron chi connectivity index (χ3n) is 6.00. The van der Waals surface area contributed by atoms with Crippen LogP contribution in [0.2, 0.25) is 0 Å². The summed E-state index contributed by atoms with van der Waals surface area (Å²) in [5, 5.41) is 8.98. The third-order valence-corrected chi connectivity index (χ3v) is 6.00. The number of aliphatic carboxylic acids is 1. The monoisotopic (exact) mass is 452 g/mol. The highest BCUT2D eigenvalue weighted by Crippen LogP contribution is 2.16. The number of allylic oxidation sites excluding steroid dienone is 2. The maximum absolute atomic E-state index is 12.2. The van der Waals surface area contributed by atoms with Gasteiger partial charge in [-0.25, -0.2) is 0 Å². The van der Waals surface area contributed by atoms with Crippen molar-refractivity contribution in [1.82, 2.24) is 0 Å². The van der Waals surface area contributed by atoms with E-state index in [1.165, 1.54) is 70.6 Å². The van der Waals surface area contributed by atoms with Crippen LogP contribution in [0, 0.1) is 0 Å². The normalized spacial score (nSPS) is 12.3. The molecular weight excluding hydrogens is 400 g/mol. The van der Waals surface area contributed by atoms with Crippen molar-refractivity contribution in [2.45, 2.75) is 155 Å². The molecule has 0 bridgehead atoms. The van der Waals surface area contributed by atoms with E-state index in [0.717, 1.165) is 44.9 Å². The Morgan fingerprint density at radius 2 is 1.19 bits per heavy atom. The Balaban J connectivity index is 3.85. The number of hydrogen-bond acceptors (Lipinski definition) is 3. The Bertz CT molecular complexity index is 458. The van der Waals surface area contributed by atoms with E-state index in [4.69, 9.17) is 9.84 Å². The zero-order valence-electron chi connectivity index (χ0n) is 21.3. The van der Waals surface area contributed by atoms with Crippen molar-refractivity contribution in [3.8, 4) is 0 Å². The van der Waals surface area contributed by atoms with Crippen LogP contribution >= 0.6 is 0 Å². The average molecular weight is 453 g/mol. The van der Waals surface area contributed by atoms with Gasteiger partial charge in [-0.15, -0.1) is 0 Å². The van der Waals surface area contributed by atoms with Crippen LogP contribution in [0.1, 0.15) is 149 Å². The van der Waals surface area contributed by atoms with E-state index in [-0.39, 0.29) is 18.5 Å². The van der Waals surface area contributed by atoms with E-state index in [1.807, 2.05) is 0 Å². The van der Waals surface area contributed by atoms with Crippen molar-refractivity contribution in [2.24, 2.45) is 0 Å². The molecule has 0 amide bonds. The van der Waals surface area contributed by atoms with E-state index in [2.05, 4.69) is 26.0 Å². The highest BCUT2D eigenvalue weighted by atomic mass is 16.5. The van der Waals surface area contributed by atoms with E-state index in [9.17, 15) is 9.59 Å². The second kappa shape index (κ2) is 24.3. The summed E-state index contributed by atoms with van der Waals surface area (Å²) in [6.07, 6.45) is 26.4. The standard InChI is InChI=1S/C28H52O4/c1-3-5-7-9-11-13-14-15-17-19-21-23-28(31)32-26(24-25-27(29)30)22-20-18-16-12-10-8-6-4-2/h9,11,26H,3-8,10,12-25H2,1-2H3,(H,29,30)/b11-9-. The molecule has 0 aromatic carbocycles. The molecule has 0 heterocycles. The van der Waals surface area contributed by atoms with Crippen LogP contribution in [0.15, 0.2) is 12.2 Å². The third kappa shape index (κ3) is 23.3. The predicted octanol–water partition coefficient (Wildman–Crippen LogP) is 8.77. The molecule has 0 radical (unpaired) electrons. The van der Waals surface area contributed by atoms with Gasteiger partial charge in [0.1, 0.15) is 6.10 Å². The molecule has 0 saturated carbocycles. The van der Waals surface area contributed by atoms with Gasteiger partial charge in [0.2, 0.25) is 0 Å². The first-order valence-electron chi connectivity index (χ1n) is 13.7. The number of carboxylic acid groups (broad SMARTS) is 1. The van der Waals surface area contributed by atoms with Gasteiger partial charge in [0.05, 0.1) is 0 Å². The van der Waals surface area contributed by atoms with Crippen LogP contribution in [-0.4, -0.2) is 23.1 Å². The zero-order chi connectivity index (χ0) is 23.7. The highest BCUT2D eigenvalue weighted by Gasteiger charge is 2.15. The van der Waals surface area contributed by atoms with Crippen molar-refractivity contribution in [3.63, 3.8) is 0 Å². The van der Waals surface area contributed by atoms with Crippen LogP contribution < -0.4 is 0 Å².